The highest BCUT2D eigenvalue weighted by Crippen LogP contribution is 2.33. The highest BCUT2D eigenvalue weighted by atomic mass is 35.5. The van der Waals surface area contributed by atoms with Gasteiger partial charge in [0.1, 0.15) is 5.69 Å². The lowest BCUT2D eigenvalue weighted by molar-refractivity contribution is 0.0996. The number of aromatic nitrogens is 1. The van der Waals surface area contributed by atoms with Crippen LogP contribution in [0.2, 0.25) is 5.02 Å². The SMILES string of the molecule is NCCC(c1ccccc1)c1cc(Cl)c2[nH]c(C(N)=O)cc2c1. The minimum absolute atomic E-state index is 0.162. The van der Waals surface area contributed by atoms with Gasteiger partial charge >= 0.3 is 0 Å². The Morgan fingerprint density at radius 2 is 1.87 bits per heavy atom. The Hall–Kier alpha value is -2.30. The van der Waals surface area contributed by atoms with E-state index in [1.807, 2.05) is 30.3 Å². The summed E-state index contributed by atoms with van der Waals surface area (Å²) in [5.74, 6) is -0.338. The molecule has 1 amide bonds. The van der Waals surface area contributed by atoms with Gasteiger partial charge < -0.3 is 16.5 Å². The van der Waals surface area contributed by atoms with Crippen LogP contribution in [0.25, 0.3) is 10.9 Å². The van der Waals surface area contributed by atoms with Gasteiger partial charge in [0.05, 0.1) is 10.5 Å². The third kappa shape index (κ3) is 3.09. The van der Waals surface area contributed by atoms with Crippen LogP contribution in [0.1, 0.15) is 34.0 Å². The Morgan fingerprint density at radius 3 is 2.52 bits per heavy atom. The van der Waals surface area contributed by atoms with E-state index >= 15 is 0 Å². The minimum Gasteiger partial charge on any atom is -0.364 e. The molecule has 0 radical (unpaired) electrons. The van der Waals surface area contributed by atoms with Crippen LogP contribution in [-0.2, 0) is 0 Å². The van der Waals surface area contributed by atoms with E-state index in [1.165, 1.54) is 5.56 Å². The molecule has 3 rings (SSSR count). The van der Waals surface area contributed by atoms with Crippen molar-refractivity contribution in [3.05, 3.63) is 70.4 Å². The highest BCUT2D eigenvalue weighted by Gasteiger charge is 2.17. The molecule has 5 heteroatoms. The number of rotatable bonds is 5. The second-order valence-corrected chi connectivity index (χ2v) is 5.96. The summed E-state index contributed by atoms with van der Waals surface area (Å²) in [4.78, 5) is 14.3. The van der Waals surface area contributed by atoms with Gasteiger partial charge in [0, 0.05) is 11.3 Å². The first kappa shape index (κ1) is 15.6. The predicted molar refractivity (Wildman–Crippen MR) is 93.8 cm³/mol. The second-order valence-electron chi connectivity index (χ2n) is 5.55. The lowest BCUT2D eigenvalue weighted by Gasteiger charge is -2.18. The Bertz CT molecular complexity index is 842. The number of amides is 1. The van der Waals surface area contributed by atoms with Crippen molar-refractivity contribution in [3.8, 4) is 0 Å². The first-order chi connectivity index (χ1) is 11.1. The fraction of sp³-hybridized carbons (Fsp3) is 0.167. The minimum atomic E-state index is -0.500. The summed E-state index contributed by atoms with van der Waals surface area (Å²) < 4.78 is 0. The number of hydrogen-bond donors (Lipinski definition) is 3. The Kier molecular flexibility index (Phi) is 4.37. The topological polar surface area (TPSA) is 84.9 Å². The zero-order valence-corrected chi connectivity index (χ0v) is 13.3. The van der Waals surface area contributed by atoms with Gasteiger partial charge in [0.2, 0.25) is 0 Å². The van der Waals surface area contributed by atoms with Gasteiger partial charge in [-0.15, -0.1) is 0 Å². The number of H-pyrrole nitrogens is 1. The third-order valence-electron chi connectivity index (χ3n) is 4.03. The Morgan fingerprint density at radius 1 is 1.13 bits per heavy atom. The van der Waals surface area contributed by atoms with Crippen molar-refractivity contribution >= 4 is 28.4 Å². The maximum Gasteiger partial charge on any atom is 0.265 e. The molecule has 0 aliphatic heterocycles. The molecule has 0 fully saturated rings. The summed E-state index contributed by atoms with van der Waals surface area (Å²) >= 11 is 6.40. The van der Waals surface area contributed by atoms with Crippen molar-refractivity contribution in [2.24, 2.45) is 11.5 Å². The number of aromatic amines is 1. The molecular weight excluding hydrogens is 310 g/mol. The maximum atomic E-state index is 11.4. The molecule has 0 saturated heterocycles. The molecule has 0 aliphatic rings. The number of fused-ring (bicyclic) bond motifs is 1. The number of primary amides is 1. The van der Waals surface area contributed by atoms with Gasteiger partial charge in [-0.1, -0.05) is 41.9 Å². The molecule has 118 valence electrons. The van der Waals surface area contributed by atoms with Gasteiger partial charge in [0.15, 0.2) is 0 Å². The van der Waals surface area contributed by atoms with Crippen molar-refractivity contribution in [2.75, 3.05) is 6.54 Å². The van der Waals surface area contributed by atoms with E-state index < -0.39 is 5.91 Å². The highest BCUT2D eigenvalue weighted by molar-refractivity contribution is 6.35. The number of carbonyl (C=O) groups excluding carboxylic acids is 1. The molecule has 23 heavy (non-hydrogen) atoms. The van der Waals surface area contributed by atoms with Crippen LogP contribution >= 0.6 is 11.6 Å². The summed E-state index contributed by atoms with van der Waals surface area (Å²) in [6.07, 6.45) is 0.818. The van der Waals surface area contributed by atoms with Crippen LogP contribution in [0.5, 0.6) is 0 Å². The lowest BCUT2D eigenvalue weighted by Crippen LogP contribution is -2.10. The average Bonchev–Trinajstić information content (AvgIpc) is 2.98. The van der Waals surface area contributed by atoms with Crippen LogP contribution in [0, 0.1) is 0 Å². The number of hydrogen-bond acceptors (Lipinski definition) is 2. The molecule has 4 nitrogen and oxygen atoms in total. The molecule has 1 atom stereocenters. The first-order valence-electron chi connectivity index (χ1n) is 7.47. The first-order valence-corrected chi connectivity index (χ1v) is 7.85. The number of halogens is 1. The Balaban J connectivity index is 2.11. The fourth-order valence-electron chi connectivity index (χ4n) is 2.93. The molecule has 0 spiro atoms. The van der Waals surface area contributed by atoms with Gasteiger partial charge in [-0.2, -0.15) is 0 Å². The van der Waals surface area contributed by atoms with Gasteiger partial charge in [-0.25, -0.2) is 0 Å². The van der Waals surface area contributed by atoms with E-state index in [-0.39, 0.29) is 5.92 Å². The molecule has 0 saturated carbocycles. The van der Waals surface area contributed by atoms with Crippen LogP contribution in [0.15, 0.2) is 48.5 Å². The lowest BCUT2D eigenvalue weighted by atomic mass is 9.88. The van der Waals surface area contributed by atoms with Crippen LogP contribution in [0.3, 0.4) is 0 Å². The van der Waals surface area contributed by atoms with Gasteiger partial charge in [-0.05, 0) is 42.3 Å². The summed E-state index contributed by atoms with van der Waals surface area (Å²) in [6.45, 7) is 0.578. The summed E-state index contributed by atoms with van der Waals surface area (Å²) in [6, 6.07) is 15.9. The molecule has 1 heterocycles. The molecular formula is C18H18ClN3O. The van der Waals surface area contributed by atoms with E-state index in [9.17, 15) is 4.79 Å². The second kappa shape index (κ2) is 6.44. The number of benzene rings is 2. The molecule has 2 aromatic carbocycles. The van der Waals surface area contributed by atoms with Crippen molar-refractivity contribution in [1.82, 2.24) is 4.98 Å². The number of nitrogens with two attached hydrogens (primary N) is 2. The van der Waals surface area contributed by atoms with E-state index in [1.54, 1.807) is 6.07 Å². The third-order valence-corrected chi connectivity index (χ3v) is 4.33. The molecule has 3 aromatic rings. The van der Waals surface area contributed by atoms with Crippen LogP contribution in [0.4, 0.5) is 0 Å². The molecule has 1 aromatic heterocycles. The van der Waals surface area contributed by atoms with Gasteiger partial charge in [0.25, 0.3) is 5.91 Å². The number of carbonyl (C=O) groups is 1. The molecule has 0 aliphatic carbocycles. The van der Waals surface area contributed by atoms with E-state index in [0.717, 1.165) is 22.9 Å². The zero-order valence-electron chi connectivity index (χ0n) is 12.6. The summed E-state index contributed by atoms with van der Waals surface area (Å²) in [5.41, 5.74) is 14.5. The van der Waals surface area contributed by atoms with Crippen molar-refractivity contribution in [3.63, 3.8) is 0 Å². The smallest absolute Gasteiger partial charge is 0.265 e. The van der Waals surface area contributed by atoms with E-state index in [0.29, 0.717) is 17.3 Å². The largest absolute Gasteiger partial charge is 0.364 e. The van der Waals surface area contributed by atoms with Crippen molar-refractivity contribution in [2.45, 2.75) is 12.3 Å². The van der Waals surface area contributed by atoms with Crippen LogP contribution in [-0.4, -0.2) is 17.4 Å². The molecule has 5 N–H and O–H groups in total. The van der Waals surface area contributed by atoms with Crippen molar-refractivity contribution < 1.29 is 4.79 Å². The number of nitrogens with one attached hydrogen (secondary N) is 1. The fourth-order valence-corrected chi connectivity index (χ4v) is 3.22. The normalized spacial score (nSPS) is 12.4. The van der Waals surface area contributed by atoms with Crippen LogP contribution < -0.4 is 11.5 Å². The maximum absolute atomic E-state index is 11.4. The summed E-state index contributed by atoms with van der Waals surface area (Å²) in [5, 5.41) is 1.45. The predicted octanol–water partition coefficient (Wildman–Crippen LogP) is 3.40. The monoisotopic (exact) mass is 327 g/mol. The quantitative estimate of drug-likeness (QED) is 0.671. The van der Waals surface area contributed by atoms with Crippen molar-refractivity contribution in [1.29, 1.82) is 0 Å². The average molecular weight is 328 g/mol. The van der Waals surface area contributed by atoms with E-state index in [4.69, 9.17) is 23.1 Å². The van der Waals surface area contributed by atoms with E-state index in [2.05, 4.69) is 17.1 Å². The summed E-state index contributed by atoms with van der Waals surface area (Å²) in [7, 11) is 0. The molecule has 1 unspecified atom stereocenters. The Labute approximate surface area is 139 Å². The standard InChI is InChI=1S/C18H18ClN3O/c19-15-9-12(8-13-10-16(18(21)23)22-17(13)15)14(6-7-20)11-4-2-1-3-5-11/h1-5,8-10,14,22H,6-7,20H2,(H2,21,23). The molecule has 0 bridgehead atoms. The van der Waals surface area contributed by atoms with Gasteiger partial charge in [-0.3, -0.25) is 4.79 Å². The zero-order chi connectivity index (χ0) is 16.4.